The van der Waals surface area contributed by atoms with Crippen molar-refractivity contribution < 1.29 is 4.79 Å². The van der Waals surface area contributed by atoms with Crippen molar-refractivity contribution in [3.63, 3.8) is 0 Å². The monoisotopic (exact) mass is 288 g/mol. The molecule has 4 heteroatoms. The second-order valence-electron chi connectivity index (χ2n) is 5.22. The van der Waals surface area contributed by atoms with Crippen LogP contribution in [0.3, 0.4) is 0 Å². The van der Waals surface area contributed by atoms with Gasteiger partial charge in [0.25, 0.3) is 0 Å². The Morgan fingerprint density at radius 1 is 1.25 bits per heavy atom. The number of hydrogen-bond acceptors (Lipinski definition) is 3. The second-order valence-corrected chi connectivity index (χ2v) is 6.58. The minimum Gasteiger partial charge on any atom is -0.353 e. The zero-order chi connectivity index (χ0) is 14.7. The van der Waals surface area contributed by atoms with E-state index in [9.17, 15) is 4.79 Å². The van der Waals surface area contributed by atoms with Crippen LogP contribution in [0.2, 0.25) is 0 Å². The number of nitrogens with zero attached hydrogens (tertiary/aromatic N) is 1. The lowest BCUT2D eigenvalue weighted by Crippen LogP contribution is -2.35. The molecule has 1 atom stereocenters. The van der Waals surface area contributed by atoms with Crippen LogP contribution < -0.4 is 5.32 Å². The van der Waals surface area contributed by atoms with Crippen molar-refractivity contribution in [2.45, 2.75) is 44.0 Å². The molecule has 0 aliphatic heterocycles. The van der Waals surface area contributed by atoms with Crippen molar-refractivity contribution in [3.05, 3.63) is 35.9 Å². The Morgan fingerprint density at radius 2 is 1.95 bits per heavy atom. The van der Waals surface area contributed by atoms with E-state index < -0.39 is 0 Å². The highest BCUT2D eigenvalue weighted by Crippen LogP contribution is 2.26. The summed E-state index contributed by atoms with van der Waals surface area (Å²) in [5.74, 6) is 0.0533. The van der Waals surface area contributed by atoms with Crippen molar-refractivity contribution in [2.75, 3.05) is 0 Å². The summed E-state index contributed by atoms with van der Waals surface area (Å²) in [7, 11) is 0. The summed E-state index contributed by atoms with van der Waals surface area (Å²) in [6.45, 7) is 7.92. The van der Waals surface area contributed by atoms with Gasteiger partial charge in [0.05, 0.1) is 15.8 Å². The van der Waals surface area contributed by atoms with Crippen LogP contribution in [0.15, 0.2) is 35.4 Å². The van der Waals surface area contributed by atoms with Crippen LogP contribution in [-0.2, 0) is 4.79 Å². The number of aromatic nitrogens is 1. The normalized spacial score (nSPS) is 12.7. The van der Waals surface area contributed by atoms with Gasteiger partial charge in [0.1, 0.15) is 0 Å². The third-order valence-corrected chi connectivity index (χ3v) is 4.02. The highest BCUT2D eigenvalue weighted by Gasteiger charge is 2.16. The first-order chi connectivity index (χ1) is 9.47. The fraction of sp³-hybridized carbons (Fsp3) is 0.375. The number of thioether (sulfide) groups is 1. The van der Waals surface area contributed by atoms with E-state index in [2.05, 4.69) is 23.3 Å². The van der Waals surface area contributed by atoms with Gasteiger partial charge < -0.3 is 5.32 Å². The summed E-state index contributed by atoms with van der Waals surface area (Å²) in [5.41, 5.74) is 2.17. The zero-order valence-electron chi connectivity index (χ0n) is 12.3. The molecule has 1 N–H and O–H groups in total. The third-order valence-electron chi connectivity index (χ3n) is 3.00. The summed E-state index contributed by atoms with van der Waals surface area (Å²) in [6.07, 6.45) is 0. The highest BCUT2D eigenvalue weighted by molar-refractivity contribution is 8.00. The van der Waals surface area contributed by atoms with E-state index in [1.165, 1.54) is 17.3 Å². The Balaban J connectivity index is 2.19. The van der Waals surface area contributed by atoms with Gasteiger partial charge >= 0.3 is 0 Å². The standard InChI is InChI=1S/C16H20N2OS/c1-10(2)17-16(19)12(4)20-15-9-11(3)13-7-5-6-8-14(13)18-15/h5-10,12H,1-4H3,(H,17,19). The number of nitrogens with one attached hydrogen (secondary N) is 1. The molecule has 1 amide bonds. The van der Waals surface area contributed by atoms with E-state index in [0.29, 0.717) is 0 Å². The van der Waals surface area contributed by atoms with E-state index in [1.807, 2.05) is 45.0 Å². The number of pyridine rings is 1. The van der Waals surface area contributed by atoms with Gasteiger partial charge in [0.2, 0.25) is 5.91 Å². The van der Waals surface area contributed by atoms with Gasteiger partial charge in [-0.05, 0) is 45.4 Å². The van der Waals surface area contributed by atoms with Crippen molar-refractivity contribution in [2.24, 2.45) is 0 Å². The van der Waals surface area contributed by atoms with Crippen LogP contribution in [0.4, 0.5) is 0 Å². The summed E-state index contributed by atoms with van der Waals surface area (Å²) in [4.78, 5) is 16.6. The first-order valence-corrected chi connectivity index (χ1v) is 7.68. The molecule has 0 aliphatic carbocycles. The maximum absolute atomic E-state index is 11.9. The number of amides is 1. The molecule has 0 saturated heterocycles. The fourth-order valence-corrected chi connectivity index (χ4v) is 2.95. The Hall–Kier alpha value is -1.55. The van der Waals surface area contributed by atoms with Gasteiger partial charge in [0, 0.05) is 11.4 Å². The van der Waals surface area contributed by atoms with Crippen LogP contribution in [0, 0.1) is 6.92 Å². The number of rotatable bonds is 4. The van der Waals surface area contributed by atoms with Gasteiger partial charge in [-0.25, -0.2) is 4.98 Å². The first-order valence-electron chi connectivity index (χ1n) is 6.81. The summed E-state index contributed by atoms with van der Waals surface area (Å²) in [6, 6.07) is 10.3. The van der Waals surface area contributed by atoms with Crippen LogP contribution in [0.5, 0.6) is 0 Å². The smallest absolute Gasteiger partial charge is 0.233 e. The molecule has 1 heterocycles. The number of benzene rings is 1. The Kier molecular flexibility index (Phi) is 4.65. The van der Waals surface area contributed by atoms with E-state index >= 15 is 0 Å². The van der Waals surface area contributed by atoms with Crippen LogP contribution >= 0.6 is 11.8 Å². The minimum atomic E-state index is -0.148. The molecule has 20 heavy (non-hydrogen) atoms. The molecule has 0 aliphatic rings. The number of para-hydroxylation sites is 1. The summed E-state index contributed by atoms with van der Waals surface area (Å²) >= 11 is 1.50. The summed E-state index contributed by atoms with van der Waals surface area (Å²) < 4.78 is 0. The lowest BCUT2D eigenvalue weighted by molar-refractivity contribution is -0.120. The second kappa shape index (κ2) is 6.27. The molecule has 2 rings (SSSR count). The van der Waals surface area contributed by atoms with Crippen molar-refractivity contribution in [1.29, 1.82) is 0 Å². The third kappa shape index (κ3) is 3.51. The molecular weight excluding hydrogens is 268 g/mol. The molecule has 1 aromatic heterocycles. The number of aryl methyl sites for hydroxylation is 1. The predicted molar refractivity (Wildman–Crippen MR) is 85.1 cm³/mol. The SMILES string of the molecule is Cc1cc(SC(C)C(=O)NC(C)C)nc2ccccc12. The van der Waals surface area contributed by atoms with E-state index in [-0.39, 0.29) is 17.2 Å². The van der Waals surface area contributed by atoms with Crippen molar-refractivity contribution in [1.82, 2.24) is 10.3 Å². The minimum absolute atomic E-state index is 0.0533. The average Bonchev–Trinajstić information content (AvgIpc) is 2.38. The van der Waals surface area contributed by atoms with Crippen LogP contribution in [0.25, 0.3) is 10.9 Å². The molecule has 0 radical (unpaired) electrons. The van der Waals surface area contributed by atoms with E-state index in [1.54, 1.807) is 0 Å². The zero-order valence-corrected chi connectivity index (χ0v) is 13.1. The molecule has 3 nitrogen and oxygen atoms in total. The lowest BCUT2D eigenvalue weighted by atomic mass is 10.1. The quantitative estimate of drug-likeness (QED) is 0.875. The fourth-order valence-electron chi connectivity index (χ4n) is 2.02. The Labute approximate surface area is 124 Å². The van der Waals surface area contributed by atoms with Crippen molar-refractivity contribution >= 4 is 28.6 Å². The van der Waals surface area contributed by atoms with Crippen LogP contribution in [0.1, 0.15) is 26.3 Å². The largest absolute Gasteiger partial charge is 0.353 e. The van der Waals surface area contributed by atoms with Gasteiger partial charge in [-0.3, -0.25) is 4.79 Å². The highest BCUT2D eigenvalue weighted by atomic mass is 32.2. The van der Waals surface area contributed by atoms with E-state index in [4.69, 9.17) is 0 Å². The average molecular weight is 288 g/mol. The first kappa shape index (κ1) is 14.9. The molecule has 106 valence electrons. The Bertz CT molecular complexity index is 625. The molecule has 0 saturated carbocycles. The molecule has 0 fully saturated rings. The molecule has 2 aromatic rings. The predicted octanol–water partition coefficient (Wildman–Crippen LogP) is 3.55. The van der Waals surface area contributed by atoms with Gasteiger partial charge in [-0.1, -0.05) is 30.0 Å². The molecule has 0 spiro atoms. The maximum Gasteiger partial charge on any atom is 0.233 e. The lowest BCUT2D eigenvalue weighted by Gasteiger charge is -2.14. The van der Waals surface area contributed by atoms with Gasteiger partial charge in [-0.2, -0.15) is 0 Å². The number of hydrogen-bond donors (Lipinski definition) is 1. The molecular formula is C16H20N2OS. The molecule has 0 bridgehead atoms. The van der Waals surface area contributed by atoms with Crippen molar-refractivity contribution in [3.8, 4) is 0 Å². The Morgan fingerprint density at radius 3 is 2.65 bits per heavy atom. The molecule has 1 unspecified atom stereocenters. The maximum atomic E-state index is 11.9. The number of carbonyl (C=O) groups is 1. The topological polar surface area (TPSA) is 42.0 Å². The van der Waals surface area contributed by atoms with Gasteiger partial charge in [-0.15, -0.1) is 0 Å². The number of fused-ring (bicyclic) bond motifs is 1. The molecule has 1 aromatic carbocycles. The summed E-state index contributed by atoms with van der Waals surface area (Å²) in [5, 5.41) is 4.84. The van der Waals surface area contributed by atoms with Gasteiger partial charge in [0.15, 0.2) is 0 Å². The van der Waals surface area contributed by atoms with Crippen LogP contribution in [-0.4, -0.2) is 22.2 Å². The van der Waals surface area contributed by atoms with E-state index in [0.717, 1.165) is 15.9 Å². The number of carbonyl (C=O) groups excluding carboxylic acids is 1.